The molecule has 0 aliphatic carbocycles. The predicted molar refractivity (Wildman–Crippen MR) is 51.9 cm³/mol. The van der Waals surface area contributed by atoms with Crippen LogP contribution in [0.15, 0.2) is 4.52 Å². The van der Waals surface area contributed by atoms with Crippen LogP contribution in [0.25, 0.3) is 0 Å². The molecule has 0 aromatic carbocycles. The number of ether oxygens (including phenoxy) is 1. The summed E-state index contributed by atoms with van der Waals surface area (Å²) in [6.45, 7) is 4.53. The summed E-state index contributed by atoms with van der Waals surface area (Å²) >= 11 is 0. The van der Waals surface area contributed by atoms with E-state index in [2.05, 4.69) is 10.1 Å². The van der Waals surface area contributed by atoms with Crippen molar-refractivity contribution in [3.05, 3.63) is 11.7 Å². The van der Waals surface area contributed by atoms with E-state index < -0.39 is 0 Å². The second-order valence-corrected chi connectivity index (χ2v) is 3.62. The van der Waals surface area contributed by atoms with Crippen molar-refractivity contribution in [2.45, 2.75) is 32.2 Å². The first-order valence-corrected chi connectivity index (χ1v) is 4.70. The van der Waals surface area contributed by atoms with Crippen molar-refractivity contribution < 1.29 is 9.26 Å². The maximum absolute atomic E-state index is 5.75. The highest BCUT2D eigenvalue weighted by atomic mass is 16.5. The Bertz CT molecular complexity index is 273. The molecule has 1 heterocycles. The molecule has 0 saturated heterocycles. The van der Waals surface area contributed by atoms with Crippen LogP contribution in [0.3, 0.4) is 0 Å². The fourth-order valence-corrected chi connectivity index (χ4v) is 1.08. The highest BCUT2D eigenvalue weighted by molar-refractivity contribution is 4.93. The van der Waals surface area contributed by atoms with E-state index in [1.165, 1.54) is 0 Å². The smallest absolute Gasteiger partial charge is 0.228 e. The van der Waals surface area contributed by atoms with Gasteiger partial charge in [-0.05, 0) is 0 Å². The zero-order valence-corrected chi connectivity index (χ0v) is 8.86. The summed E-state index contributed by atoms with van der Waals surface area (Å²) in [5, 5.41) is 3.85. The number of hydrogen-bond acceptors (Lipinski definition) is 5. The number of rotatable bonds is 5. The van der Waals surface area contributed by atoms with Crippen LogP contribution in [0.2, 0.25) is 0 Å². The molecule has 0 saturated carbocycles. The lowest BCUT2D eigenvalue weighted by Gasteiger charge is -2.05. The topological polar surface area (TPSA) is 74.2 Å². The van der Waals surface area contributed by atoms with E-state index in [1.54, 1.807) is 7.11 Å². The third kappa shape index (κ3) is 3.08. The molecule has 5 nitrogen and oxygen atoms in total. The highest BCUT2D eigenvalue weighted by Gasteiger charge is 2.12. The molecule has 2 N–H and O–H groups in total. The maximum atomic E-state index is 5.75. The van der Waals surface area contributed by atoms with Crippen molar-refractivity contribution in [3.63, 3.8) is 0 Å². The Labute approximate surface area is 83.6 Å². The molecule has 1 aromatic heterocycles. The molecule has 5 heteroatoms. The van der Waals surface area contributed by atoms with Crippen molar-refractivity contribution in [3.8, 4) is 0 Å². The zero-order valence-electron chi connectivity index (χ0n) is 8.86. The van der Waals surface area contributed by atoms with Gasteiger partial charge in [-0.25, -0.2) is 0 Å². The van der Waals surface area contributed by atoms with E-state index in [-0.39, 0.29) is 12.0 Å². The first-order chi connectivity index (χ1) is 6.63. The Morgan fingerprint density at radius 3 is 2.71 bits per heavy atom. The summed E-state index contributed by atoms with van der Waals surface area (Å²) in [6.07, 6.45) is 0.563. The van der Waals surface area contributed by atoms with Gasteiger partial charge in [0.1, 0.15) is 0 Å². The predicted octanol–water partition coefficient (Wildman–Crippen LogP) is 0.709. The van der Waals surface area contributed by atoms with E-state index in [9.17, 15) is 0 Å². The molecule has 0 radical (unpaired) electrons. The molecule has 1 atom stereocenters. The van der Waals surface area contributed by atoms with Crippen LogP contribution >= 0.6 is 0 Å². The third-order valence-electron chi connectivity index (χ3n) is 1.82. The Kier molecular flexibility index (Phi) is 4.03. The van der Waals surface area contributed by atoms with Crippen molar-refractivity contribution in [2.75, 3.05) is 13.7 Å². The highest BCUT2D eigenvalue weighted by Crippen LogP contribution is 2.10. The summed E-state index contributed by atoms with van der Waals surface area (Å²) in [5.41, 5.74) is 5.75. The van der Waals surface area contributed by atoms with E-state index in [4.69, 9.17) is 15.0 Å². The number of aromatic nitrogens is 2. The average Bonchev–Trinajstić information content (AvgIpc) is 2.53. The second kappa shape index (κ2) is 5.07. The van der Waals surface area contributed by atoms with Crippen LogP contribution in [-0.4, -0.2) is 29.9 Å². The molecule has 0 amide bonds. The summed E-state index contributed by atoms with van der Waals surface area (Å²) in [5.74, 6) is 1.59. The van der Waals surface area contributed by atoms with Crippen LogP contribution in [0.1, 0.15) is 31.5 Å². The largest absolute Gasteiger partial charge is 0.383 e. The quantitative estimate of drug-likeness (QED) is 0.756. The monoisotopic (exact) mass is 199 g/mol. The molecule has 0 aliphatic rings. The minimum Gasteiger partial charge on any atom is -0.383 e. The van der Waals surface area contributed by atoms with Crippen molar-refractivity contribution in [1.82, 2.24) is 10.1 Å². The SMILES string of the molecule is COCC(N)Cc1nc(C(C)C)no1. The average molecular weight is 199 g/mol. The van der Waals surface area contributed by atoms with Gasteiger partial charge in [-0.2, -0.15) is 4.98 Å². The van der Waals surface area contributed by atoms with Gasteiger partial charge in [0, 0.05) is 25.5 Å². The van der Waals surface area contributed by atoms with Crippen LogP contribution in [-0.2, 0) is 11.2 Å². The molecule has 1 unspecified atom stereocenters. The Morgan fingerprint density at radius 1 is 1.50 bits per heavy atom. The minimum atomic E-state index is -0.0829. The molecule has 1 aromatic rings. The lowest BCUT2D eigenvalue weighted by molar-refractivity contribution is 0.176. The van der Waals surface area contributed by atoms with Gasteiger partial charge in [0.2, 0.25) is 5.89 Å². The molecule has 0 spiro atoms. The minimum absolute atomic E-state index is 0.0829. The second-order valence-electron chi connectivity index (χ2n) is 3.62. The number of nitrogens with two attached hydrogens (primary N) is 1. The third-order valence-corrected chi connectivity index (χ3v) is 1.82. The van der Waals surface area contributed by atoms with Gasteiger partial charge in [-0.3, -0.25) is 0 Å². The Morgan fingerprint density at radius 2 is 2.21 bits per heavy atom. The van der Waals surface area contributed by atoms with Crippen molar-refractivity contribution in [1.29, 1.82) is 0 Å². The Balaban J connectivity index is 2.51. The molecular weight excluding hydrogens is 182 g/mol. The summed E-state index contributed by atoms with van der Waals surface area (Å²) in [6, 6.07) is -0.0829. The van der Waals surface area contributed by atoms with Crippen LogP contribution in [0.4, 0.5) is 0 Å². The first-order valence-electron chi connectivity index (χ1n) is 4.70. The van der Waals surface area contributed by atoms with E-state index in [1.807, 2.05) is 13.8 Å². The molecule has 1 rings (SSSR count). The van der Waals surface area contributed by atoms with Gasteiger partial charge in [0.15, 0.2) is 5.82 Å². The first kappa shape index (κ1) is 11.1. The van der Waals surface area contributed by atoms with Crippen molar-refractivity contribution in [2.24, 2.45) is 5.73 Å². The number of nitrogens with zero attached hydrogens (tertiary/aromatic N) is 2. The van der Waals surface area contributed by atoms with Crippen LogP contribution in [0, 0.1) is 0 Å². The van der Waals surface area contributed by atoms with Gasteiger partial charge in [-0.15, -0.1) is 0 Å². The van der Waals surface area contributed by atoms with Gasteiger partial charge < -0.3 is 15.0 Å². The van der Waals surface area contributed by atoms with Crippen molar-refractivity contribution >= 4 is 0 Å². The fraction of sp³-hybridized carbons (Fsp3) is 0.778. The lowest BCUT2D eigenvalue weighted by Crippen LogP contribution is -2.28. The van der Waals surface area contributed by atoms with Gasteiger partial charge >= 0.3 is 0 Å². The zero-order chi connectivity index (χ0) is 10.6. The van der Waals surface area contributed by atoms with Crippen LogP contribution in [0.5, 0.6) is 0 Å². The molecule has 0 aliphatic heterocycles. The fourth-order valence-electron chi connectivity index (χ4n) is 1.08. The van der Waals surface area contributed by atoms with E-state index in [0.29, 0.717) is 18.9 Å². The number of methoxy groups -OCH3 is 1. The van der Waals surface area contributed by atoms with E-state index in [0.717, 1.165) is 5.82 Å². The maximum Gasteiger partial charge on any atom is 0.228 e. The lowest BCUT2D eigenvalue weighted by atomic mass is 10.2. The standard InChI is InChI=1S/C9H17N3O2/c1-6(2)9-11-8(14-12-9)4-7(10)5-13-3/h6-7H,4-5,10H2,1-3H3. The molecule has 0 fully saturated rings. The van der Waals surface area contributed by atoms with Gasteiger partial charge in [0.05, 0.1) is 6.61 Å². The number of hydrogen-bond donors (Lipinski definition) is 1. The van der Waals surface area contributed by atoms with Gasteiger partial charge in [-0.1, -0.05) is 19.0 Å². The molecule has 80 valence electrons. The van der Waals surface area contributed by atoms with E-state index >= 15 is 0 Å². The normalized spacial score (nSPS) is 13.5. The molecular formula is C9H17N3O2. The Hall–Kier alpha value is -0.940. The molecule has 0 bridgehead atoms. The summed E-state index contributed by atoms with van der Waals surface area (Å²) in [4.78, 5) is 4.22. The summed E-state index contributed by atoms with van der Waals surface area (Å²) < 4.78 is 9.96. The van der Waals surface area contributed by atoms with Crippen LogP contribution < -0.4 is 5.73 Å². The van der Waals surface area contributed by atoms with Gasteiger partial charge in [0.25, 0.3) is 0 Å². The molecule has 14 heavy (non-hydrogen) atoms. The summed E-state index contributed by atoms with van der Waals surface area (Å²) in [7, 11) is 1.62.